The number of benzene rings is 3. The van der Waals surface area contributed by atoms with E-state index in [1.807, 2.05) is 42.5 Å². The molecule has 186 valence electrons. The van der Waals surface area contributed by atoms with Crippen molar-refractivity contribution < 1.29 is 23.1 Å². The lowest BCUT2D eigenvalue weighted by atomic mass is 9.95. The fourth-order valence-corrected chi connectivity index (χ4v) is 5.37. The van der Waals surface area contributed by atoms with Crippen LogP contribution in [0.25, 0.3) is 18.2 Å². The average Bonchev–Trinajstić information content (AvgIpc) is 3.47. The second kappa shape index (κ2) is 9.62. The van der Waals surface area contributed by atoms with Gasteiger partial charge in [0.25, 0.3) is 0 Å². The van der Waals surface area contributed by atoms with E-state index >= 15 is 0 Å². The van der Waals surface area contributed by atoms with Crippen LogP contribution in [0.3, 0.4) is 0 Å². The molecular formula is C30H23F3N2O2. The van der Waals surface area contributed by atoms with E-state index in [-0.39, 0.29) is 5.57 Å². The van der Waals surface area contributed by atoms with Gasteiger partial charge >= 0.3 is 12.1 Å². The summed E-state index contributed by atoms with van der Waals surface area (Å²) in [5.41, 5.74) is 4.34. The lowest BCUT2D eigenvalue weighted by molar-refractivity contribution is -0.137. The van der Waals surface area contributed by atoms with Gasteiger partial charge in [0.2, 0.25) is 0 Å². The van der Waals surface area contributed by atoms with Crippen LogP contribution in [-0.4, -0.2) is 17.1 Å². The van der Waals surface area contributed by atoms with Gasteiger partial charge in [0.15, 0.2) is 0 Å². The van der Waals surface area contributed by atoms with E-state index in [2.05, 4.69) is 4.90 Å². The molecule has 0 spiro atoms. The van der Waals surface area contributed by atoms with E-state index in [9.17, 15) is 23.1 Å². The minimum Gasteiger partial charge on any atom is -0.477 e. The maximum absolute atomic E-state index is 13.0. The lowest BCUT2D eigenvalue weighted by Crippen LogP contribution is -2.26. The molecule has 0 bridgehead atoms. The average molecular weight is 501 g/mol. The number of anilines is 2. The molecule has 5 rings (SSSR count). The zero-order valence-corrected chi connectivity index (χ0v) is 19.7. The fourth-order valence-electron chi connectivity index (χ4n) is 5.37. The Balaban J connectivity index is 1.41. The third kappa shape index (κ3) is 4.88. The standard InChI is InChI=1S/C30H23F3N2O2/c31-30(32,33)23-4-1-3-20(16-23)8-7-19-9-12-24(13-10-19)35-27-6-2-5-25(27)26-17-21(11-14-28(26)35)15-22(18-34)29(36)37/h1,3-4,7-17,25,27H,2,5-6H2,(H,36,37)/b8-7+,22-15-. The molecule has 2 unspecified atom stereocenters. The lowest BCUT2D eigenvalue weighted by Gasteiger charge is -2.27. The first kappa shape index (κ1) is 24.4. The monoisotopic (exact) mass is 500 g/mol. The Morgan fingerprint density at radius 1 is 0.973 bits per heavy atom. The molecule has 2 aliphatic rings. The maximum Gasteiger partial charge on any atom is 0.416 e. The maximum atomic E-state index is 13.0. The molecule has 1 saturated carbocycles. The molecule has 2 atom stereocenters. The van der Waals surface area contributed by atoms with Crippen LogP contribution in [0, 0.1) is 11.3 Å². The Labute approximate surface area is 212 Å². The highest BCUT2D eigenvalue weighted by Gasteiger charge is 2.42. The topological polar surface area (TPSA) is 64.3 Å². The van der Waals surface area contributed by atoms with Crippen molar-refractivity contribution in [2.24, 2.45) is 0 Å². The largest absolute Gasteiger partial charge is 0.477 e. The minimum absolute atomic E-state index is 0.299. The molecule has 1 N–H and O–H groups in total. The van der Waals surface area contributed by atoms with Gasteiger partial charge in [-0.1, -0.05) is 48.9 Å². The predicted molar refractivity (Wildman–Crippen MR) is 137 cm³/mol. The Morgan fingerprint density at radius 2 is 1.70 bits per heavy atom. The molecule has 4 nitrogen and oxygen atoms in total. The van der Waals surface area contributed by atoms with E-state index in [0.29, 0.717) is 23.1 Å². The first-order chi connectivity index (χ1) is 17.7. The zero-order chi connectivity index (χ0) is 26.2. The number of fused-ring (bicyclic) bond motifs is 3. The van der Waals surface area contributed by atoms with Crippen molar-refractivity contribution in [3.05, 3.63) is 100 Å². The number of halogens is 3. The summed E-state index contributed by atoms with van der Waals surface area (Å²) in [6, 6.07) is 21.0. The van der Waals surface area contributed by atoms with Gasteiger partial charge in [0, 0.05) is 23.3 Å². The van der Waals surface area contributed by atoms with Gasteiger partial charge in [-0.05, 0) is 77.6 Å². The third-order valence-electron chi connectivity index (χ3n) is 7.04. The molecule has 0 amide bonds. The summed E-state index contributed by atoms with van der Waals surface area (Å²) >= 11 is 0. The van der Waals surface area contributed by atoms with E-state index in [1.54, 1.807) is 24.3 Å². The highest BCUT2D eigenvalue weighted by atomic mass is 19.4. The molecule has 0 saturated heterocycles. The minimum atomic E-state index is -4.37. The number of carboxylic acids is 1. The molecule has 1 aliphatic heterocycles. The van der Waals surface area contributed by atoms with Crippen LogP contribution in [0.15, 0.2) is 72.3 Å². The first-order valence-electron chi connectivity index (χ1n) is 12.0. The molecule has 1 heterocycles. The van der Waals surface area contributed by atoms with Crippen molar-refractivity contribution in [1.29, 1.82) is 5.26 Å². The van der Waals surface area contributed by atoms with E-state index in [0.717, 1.165) is 53.9 Å². The number of nitriles is 1. The van der Waals surface area contributed by atoms with Crippen LogP contribution >= 0.6 is 0 Å². The quantitative estimate of drug-likeness (QED) is 0.222. The predicted octanol–water partition coefficient (Wildman–Crippen LogP) is 7.66. The molecule has 37 heavy (non-hydrogen) atoms. The van der Waals surface area contributed by atoms with Gasteiger partial charge in [0.05, 0.1) is 5.56 Å². The molecule has 0 radical (unpaired) electrons. The highest BCUT2D eigenvalue weighted by molar-refractivity contribution is 5.96. The molecular weight excluding hydrogens is 477 g/mol. The molecule has 1 aliphatic carbocycles. The summed E-state index contributed by atoms with van der Waals surface area (Å²) in [5.74, 6) is -0.912. The van der Waals surface area contributed by atoms with Gasteiger partial charge in [-0.2, -0.15) is 18.4 Å². The van der Waals surface area contributed by atoms with Crippen LogP contribution in [0.4, 0.5) is 24.5 Å². The number of hydrogen-bond acceptors (Lipinski definition) is 3. The smallest absolute Gasteiger partial charge is 0.416 e. The van der Waals surface area contributed by atoms with E-state index < -0.39 is 17.7 Å². The zero-order valence-electron chi connectivity index (χ0n) is 19.7. The SMILES string of the molecule is N#C/C(=C/c1ccc2c(c1)C1CCCC1N2c1ccc(/C=C/c2cccc(C(F)(F)F)c2)cc1)C(=O)O. The molecule has 7 heteroatoms. The Morgan fingerprint density at radius 3 is 2.41 bits per heavy atom. The van der Waals surface area contributed by atoms with Crippen LogP contribution in [0.2, 0.25) is 0 Å². The number of rotatable bonds is 5. The van der Waals surface area contributed by atoms with Crippen LogP contribution in [0.5, 0.6) is 0 Å². The van der Waals surface area contributed by atoms with Crippen LogP contribution in [-0.2, 0) is 11.0 Å². The van der Waals surface area contributed by atoms with E-state index in [4.69, 9.17) is 5.26 Å². The van der Waals surface area contributed by atoms with Gasteiger partial charge in [0.1, 0.15) is 11.6 Å². The normalized spacial score (nSPS) is 19.1. The summed E-state index contributed by atoms with van der Waals surface area (Å²) in [4.78, 5) is 13.6. The Hall–Kier alpha value is -4.31. The highest BCUT2D eigenvalue weighted by Crippen LogP contribution is 2.52. The summed E-state index contributed by atoms with van der Waals surface area (Å²) in [6.07, 6.45) is 3.68. The Kier molecular flexibility index (Phi) is 6.34. The second-order valence-electron chi connectivity index (χ2n) is 9.32. The van der Waals surface area contributed by atoms with Crippen molar-refractivity contribution in [3.8, 4) is 6.07 Å². The van der Waals surface area contributed by atoms with E-state index in [1.165, 1.54) is 12.1 Å². The van der Waals surface area contributed by atoms with Crippen molar-refractivity contribution >= 4 is 35.6 Å². The third-order valence-corrected chi connectivity index (χ3v) is 7.04. The number of hydrogen-bond donors (Lipinski definition) is 1. The molecule has 3 aromatic carbocycles. The summed E-state index contributed by atoms with van der Waals surface area (Å²) in [6.45, 7) is 0. The number of aliphatic carboxylic acids is 1. The summed E-state index contributed by atoms with van der Waals surface area (Å²) < 4.78 is 38.9. The summed E-state index contributed by atoms with van der Waals surface area (Å²) in [7, 11) is 0. The first-order valence-corrected chi connectivity index (χ1v) is 12.0. The van der Waals surface area contributed by atoms with Gasteiger partial charge < -0.3 is 10.0 Å². The number of carboxylic acid groups (broad SMARTS) is 1. The summed E-state index contributed by atoms with van der Waals surface area (Å²) in [5, 5.41) is 18.3. The number of carbonyl (C=O) groups is 1. The van der Waals surface area contributed by atoms with Gasteiger partial charge in [-0.25, -0.2) is 4.79 Å². The Bertz CT molecular complexity index is 1450. The van der Waals surface area contributed by atoms with Crippen LogP contribution < -0.4 is 4.90 Å². The molecule has 3 aromatic rings. The van der Waals surface area contributed by atoms with Crippen molar-refractivity contribution in [3.63, 3.8) is 0 Å². The van der Waals surface area contributed by atoms with Crippen molar-refractivity contribution in [1.82, 2.24) is 0 Å². The van der Waals surface area contributed by atoms with Gasteiger partial charge in [-0.15, -0.1) is 0 Å². The van der Waals surface area contributed by atoms with Gasteiger partial charge in [-0.3, -0.25) is 0 Å². The number of nitrogens with zero attached hydrogens (tertiary/aromatic N) is 2. The molecule has 0 aromatic heterocycles. The molecule has 1 fully saturated rings. The van der Waals surface area contributed by atoms with Crippen molar-refractivity contribution in [2.45, 2.75) is 37.4 Å². The van der Waals surface area contributed by atoms with Crippen LogP contribution in [0.1, 0.15) is 53.0 Å². The van der Waals surface area contributed by atoms with Crippen molar-refractivity contribution in [2.75, 3.05) is 4.90 Å². The number of alkyl halides is 3. The second-order valence-corrected chi connectivity index (χ2v) is 9.32. The fraction of sp³-hybridized carbons (Fsp3) is 0.200.